The van der Waals surface area contributed by atoms with Gasteiger partial charge in [0.25, 0.3) is 0 Å². The molecule has 2 aromatic rings. The zero-order valence-corrected chi connectivity index (χ0v) is 15.1. The number of nitrogens with one attached hydrogen (secondary N) is 1. The Balaban J connectivity index is 1.58. The van der Waals surface area contributed by atoms with Crippen LogP contribution in [0.5, 0.6) is 0 Å². The van der Waals surface area contributed by atoms with E-state index in [9.17, 15) is 0 Å². The monoisotopic (exact) mass is 345 g/mol. The second-order valence-electron chi connectivity index (χ2n) is 6.26. The van der Waals surface area contributed by atoms with Gasteiger partial charge in [-0.25, -0.2) is 9.97 Å². The van der Waals surface area contributed by atoms with Gasteiger partial charge in [0, 0.05) is 37.4 Å². The number of pyridine rings is 1. The zero-order chi connectivity index (χ0) is 16.9. The summed E-state index contributed by atoms with van der Waals surface area (Å²) in [6.07, 6.45) is 4.88. The molecule has 0 spiro atoms. The van der Waals surface area contributed by atoms with Crippen molar-refractivity contribution in [3.63, 3.8) is 0 Å². The second-order valence-corrected chi connectivity index (χ2v) is 6.62. The van der Waals surface area contributed by atoms with Gasteiger partial charge < -0.3 is 5.32 Å². The van der Waals surface area contributed by atoms with Gasteiger partial charge in [0.1, 0.15) is 16.8 Å². The highest BCUT2D eigenvalue weighted by Gasteiger charge is 2.21. The van der Waals surface area contributed by atoms with E-state index in [0.29, 0.717) is 17.0 Å². The number of rotatable bonds is 5. The summed E-state index contributed by atoms with van der Waals surface area (Å²) in [5, 5.41) is 4.16. The number of hydrogen-bond acceptors (Lipinski definition) is 5. The van der Waals surface area contributed by atoms with Crippen molar-refractivity contribution in [1.82, 2.24) is 19.9 Å². The molecule has 0 atom stereocenters. The Labute approximate surface area is 148 Å². The van der Waals surface area contributed by atoms with Gasteiger partial charge >= 0.3 is 0 Å². The molecule has 0 aromatic carbocycles. The third kappa shape index (κ3) is 4.22. The Morgan fingerprint density at radius 1 is 1.25 bits per heavy atom. The van der Waals surface area contributed by atoms with Crippen LogP contribution in [0.15, 0.2) is 24.4 Å². The first-order valence-corrected chi connectivity index (χ1v) is 8.95. The number of hydrogen-bond donors (Lipinski definition) is 1. The molecule has 24 heavy (non-hydrogen) atoms. The van der Waals surface area contributed by atoms with Gasteiger partial charge in [-0.2, -0.15) is 0 Å². The highest BCUT2D eigenvalue weighted by Crippen LogP contribution is 2.24. The minimum Gasteiger partial charge on any atom is -0.367 e. The fraction of sp³-hybridized carbons (Fsp3) is 0.500. The van der Waals surface area contributed by atoms with Crippen LogP contribution in [0.1, 0.15) is 36.8 Å². The molecule has 2 aromatic heterocycles. The van der Waals surface area contributed by atoms with E-state index in [1.165, 1.54) is 0 Å². The lowest BCUT2D eigenvalue weighted by molar-refractivity contribution is 0.209. The van der Waals surface area contributed by atoms with Crippen LogP contribution >= 0.6 is 11.6 Å². The number of halogens is 1. The lowest BCUT2D eigenvalue weighted by atomic mass is 10.0. The summed E-state index contributed by atoms with van der Waals surface area (Å²) >= 11 is 6.26. The molecule has 6 heteroatoms. The Hall–Kier alpha value is -1.72. The normalized spacial score (nSPS) is 16.3. The number of aryl methyl sites for hydroxylation is 1. The van der Waals surface area contributed by atoms with Gasteiger partial charge in [-0.15, -0.1) is 0 Å². The SMILES string of the molecule is CCc1c(Cl)nc(C)nc1NC1CCN(Cc2ccccn2)CC1. The third-order valence-corrected chi connectivity index (χ3v) is 4.77. The van der Waals surface area contributed by atoms with E-state index < -0.39 is 0 Å². The van der Waals surface area contributed by atoms with E-state index in [1.807, 2.05) is 25.3 Å². The minimum atomic E-state index is 0.431. The maximum Gasteiger partial charge on any atom is 0.138 e. The lowest BCUT2D eigenvalue weighted by Gasteiger charge is -2.32. The highest BCUT2D eigenvalue weighted by molar-refractivity contribution is 6.30. The highest BCUT2D eigenvalue weighted by atomic mass is 35.5. The zero-order valence-electron chi connectivity index (χ0n) is 14.3. The number of piperidine rings is 1. The molecule has 1 saturated heterocycles. The summed E-state index contributed by atoms with van der Waals surface area (Å²) in [6.45, 7) is 7.01. The molecule has 128 valence electrons. The van der Waals surface area contributed by atoms with Crippen LogP contribution in [0.2, 0.25) is 5.15 Å². The average molecular weight is 346 g/mol. The first kappa shape index (κ1) is 17.1. The first-order valence-electron chi connectivity index (χ1n) is 8.57. The summed E-state index contributed by atoms with van der Waals surface area (Å²) in [5.41, 5.74) is 2.15. The number of aromatic nitrogens is 3. The van der Waals surface area contributed by atoms with Crippen molar-refractivity contribution in [2.45, 2.75) is 45.7 Å². The standard InChI is InChI=1S/C18H24ClN5/c1-3-16-17(19)21-13(2)22-18(16)23-14-7-10-24(11-8-14)12-15-6-4-5-9-20-15/h4-6,9,14H,3,7-8,10-12H2,1-2H3,(H,21,22,23). The van der Waals surface area contributed by atoms with E-state index in [1.54, 1.807) is 0 Å². The van der Waals surface area contributed by atoms with Crippen LogP contribution in [-0.2, 0) is 13.0 Å². The Kier molecular flexibility index (Phi) is 5.63. The van der Waals surface area contributed by atoms with Crippen LogP contribution in [0.3, 0.4) is 0 Å². The molecule has 3 heterocycles. The van der Waals surface area contributed by atoms with Gasteiger partial charge in [0.15, 0.2) is 0 Å². The van der Waals surface area contributed by atoms with Gasteiger partial charge in [-0.1, -0.05) is 24.6 Å². The van der Waals surface area contributed by atoms with Crippen molar-refractivity contribution in [2.24, 2.45) is 0 Å². The van der Waals surface area contributed by atoms with Gasteiger partial charge in [0.05, 0.1) is 5.69 Å². The fourth-order valence-electron chi connectivity index (χ4n) is 3.14. The van der Waals surface area contributed by atoms with E-state index in [-0.39, 0.29) is 0 Å². The van der Waals surface area contributed by atoms with E-state index in [0.717, 1.165) is 56.0 Å². The summed E-state index contributed by atoms with van der Waals surface area (Å²) in [7, 11) is 0. The van der Waals surface area contributed by atoms with Crippen LogP contribution < -0.4 is 5.32 Å². The van der Waals surface area contributed by atoms with Crippen molar-refractivity contribution in [3.05, 3.63) is 46.6 Å². The summed E-state index contributed by atoms with van der Waals surface area (Å²) in [6, 6.07) is 6.52. The summed E-state index contributed by atoms with van der Waals surface area (Å²) < 4.78 is 0. The Bertz CT molecular complexity index is 669. The number of nitrogens with zero attached hydrogens (tertiary/aromatic N) is 4. The largest absolute Gasteiger partial charge is 0.367 e. The molecule has 0 bridgehead atoms. The fourth-order valence-corrected chi connectivity index (χ4v) is 3.49. The van der Waals surface area contributed by atoms with Gasteiger partial charge in [-0.05, 0) is 38.3 Å². The molecule has 1 fully saturated rings. The summed E-state index contributed by atoms with van der Waals surface area (Å²) in [4.78, 5) is 15.7. The van der Waals surface area contributed by atoms with Crippen LogP contribution in [0.4, 0.5) is 5.82 Å². The molecule has 3 rings (SSSR count). The Morgan fingerprint density at radius 3 is 2.71 bits per heavy atom. The lowest BCUT2D eigenvalue weighted by Crippen LogP contribution is -2.39. The molecule has 1 N–H and O–H groups in total. The van der Waals surface area contributed by atoms with Crippen molar-refractivity contribution >= 4 is 17.4 Å². The number of anilines is 1. The molecule has 0 amide bonds. The first-order chi connectivity index (χ1) is 11.7. The predicted molar refractivity (Wildman–Crippen MR) is 97.3 cm³/mol. The van der Waals surface area contributed by atoms with Crippen molar-refractivity contribution in [3.8, 4) is 0 Å². The molecule has 0 saturated carbocycles. The molecule has 0 unspecified atom stereocenters. The molecular formula is C18H24ClN5. The van der Waals surface area contributed by atoms with Crippen molar-refractivity contribution in [1.29, 1.82) is 0 Å². The van der Waals surface area contributed by atoms with Crippen LogP contribution in [0.25, 0.3) is 0 Å². The van der Waals surface area contributed by atoms with Gasteiger partial charge in [-0.3, -0.25) is 9.88 Å². The van der Waals surface area contributed by atoms with Crippen molar-refractivity contribution in [2.75, 3.05) is 18.4 Å². The Morgan fingerprint density at radius 2 is 2.04 bits per heavy atom. The molecular weight excluding hydrogens is 322 g/mol. The van der Waals surface area contributed by atoms with Crippen LogP contribution in [-0.4, -0.2) is 39.0 Å². The molecule has 1 aliphatic heterocycles. The van der Waals surface area contributed by atoms with E-state index in [4.69, 9.17) is 11.6 Å². The van der Waals surface area contributed by atoms with Gasteiger partial charge in [0.2, 0.25) is 0 Å². The molecule has 0 radical (unpaired) electrons. The van der Waals surface area contributed by atoms with Crippen molar-refractivity contribution < 1.29 is 0 Å². The molecule has 5 nitrogen and oxygen atoms in total. The molecule has 1 aliphatic rings. The van der Waals surface area contributed by atoms with Crippen LogP contribution in [0, 0.1) is 6.92 Å². The van der Waals surface area contributed by atoms with E-state index >= 15 is 0 Å². The summed E-state index contributed by atoms with van der Waals surface area (Å²) in [5.74, 6) is 1.62. The third-order valence-electron chi connectivity index (χ3n) is 4.46. The minimum absolute atomic E-state index is 0.431. The molecule has 0 aliphatic carbocycles. The maximum absolute atomic E-state index is 6.26. The predicted octanol–water partition coefficient (Wildman–Crippen LogP) is 3.47. The second kappa shape index (κ2) is 7.90. The van der Waals surface area contributed by atoms with E-state index in [2.05, 4.69) is 38.2 Å². The smallest absolute Gasteiger partial charge is 0.138 e. The average Bonchev–Trinajstić information content (AvgIpc) is 2.57. The maximum atomic E-state index is 6.26. The quantitative estimate of drug-likeness (QED) is 0.841. The number of likely N-dealkylation sites (tertiary alicyclic amines) is 1. The topological polar surface area (TPSA) is 53.9 Å².